The smallest absolute Gasteiger partial charge is 0.234 e. The van der Waals surface area contributed by atoms with Gasteiger partial charge in [-0.15, -0.1) is 0 Å². The van der Waals surface area contributed by atoms with Crippen LogP contribution in [0.2, 0.25) is 0 Å². The topological polar surface area (TPSA) is 61.6 Å². The number of hydrogen-bond donors (Lipinski definition) is 1. The highest BCUT2D eigenvalue weighted by molar-refractivity contribution is 5.78. The van der Waals surface area contributed by atoms with Crippen molar-refractivity contribution in [1.82, 2.24) is 20.3 Å². The Balaban J connectivity index is 1.37. The summed E-state index contributed by atoms with van der Waals surface area (Å²) >= 11 is 0. The highest BCUT2D eigenvalue weighted by Gasteiger charge is 2.22. The van der Waals surface area contributed by atoms with E-state index in [2.05, 4.69) is 20.3 Å². The minimum Gasteiger partial charge on any atom is -0.360 e. The zero-order valence-corrected chi connectivity index (χ0v) is 13.4. The summed E-state index contributed by atoms with van der Waals surface area (Å²) in [6.07, 6.45) is 4.81. The predicted octanol–water partition coefficient (Wildman–Crippen LogP) is 1.16. The van der Waals surface area contributed by atoms with E-state index in [4.69, 9.17) is 4.52 Å². The molecule has 2 heterocycles. The van der Waals surface area contributed by atoms with Crippen LogP contribution in [-0.2, 0) is 11.3 Å². The van der Waals surface area contributed by atoms with Crippen LogP contribution in [0.25, 0.3) is 0 Å². The number of aromatic nitrogens is 1. The Labute approximate surface area is 131 Å². The number of nitrogens with one attached hydrogen (secondary N) is 1. The van der Waals surface area contributed by atoms with Gasteiger partial charge in [-0.05, 0) is 19.8 Å². The van der Waals surface area contributed by atoms with Gasteiger partial charge >= 0.3 is 0 Å². The Bertz CT molecular complexity index is 488. The molecule has 1 aromatic rings. The molecule has 0 unspecified atom stereocenters. The average Bonchev–Trinajstić information content (AvgIpc) is 3.13. The lowest BCUT2D eigenvalue weighted by Gasteiger charge is -2.33. The van der Waals surface area contributed by atoms with Gasteiger partial charge in [0.15, 0.2) is 5.76 Å². The number of carbonyl (C=O) groups is 1. The van der Waals surface area contributed by atoms with Crippen molar-refractivity contribution >= 4 is 5.91 Å². The van der Waals surface area contributed by atoms with Crippen LogP contribution < -0.4 is 5.32 Å². The average molecular weight is 306 g/mol. The molecule has 1 N–H and O–H groups in total. The molecule has 1 amide bonds. The largest absolute Gasteiger partial charge is 0.360 e. The van der Waals surface area contributed by atoms with Gasteiger partial charge in [0.25, 0.3) is 0 Å². The van der Waals surface area contributed by atoms with Crippen LogP contribution in [0.4, 0.5) is 0 Å². The highest BCUT2D eigenvalue weighted by Crippen LogP contribution is 2.17. The van der Waals surface area contributed by atoms with Crippen LogP contribution in [0.3, 0.4) is 0 Å². The van der Waals surface area contributed by atoms with Crippen LogP contribution >= 0.6 is 0 Å². The molecule has 0 spiro atoms. The van der Waals surface area contributed by atoms with E-state index < -0.39 is 0 Å². The van der Waals surface area contributed by atoms with Gasteiger partial charge in [-0.25, -0.2) is 0 Å². The molecule has 0 radical (unpaired) electrons. The Morgan fingerprint density at radius 3 is 2.59 bits per heavy atom. The SMILES string of the molecule is Cc1cc(CN2CCN(CC(=O)NC3CCCC3)CC2)on1. The molecule has 1 aliphatic heterocycles. The fraction of sp³-hybridized carbons (Fsp3) is 0.750. The van der Waals surface area contributed by atoms with Crippen molar-refractivity contribution in [3.63, 3.8) is 0 Å². The Kier molecular flexibility index (Phi) is 5.10. The van der Waals surface area contributed by atoms with Gasteiger partial charge in [-0.1, -0.05) is 18.0 Å². The molecule has 0 atom stereocenters. The van der Waals surface area contributed by atoms with Crippen molar-refractivity contribution < 1.29 is 9.32 Å². The number of amides is 1. The van der Waals surface area contributed by atoms with Gasteiger partial charge in [0, 0.05) is 38.3 Å². The third-order valence-corrected chi connectivity index (χ3v) is 4.61. The zero-order valence-electron chi connectivity index (χ0n) is 13.4. The first kappa shape index (κ1) is 15.5. The molecule has 1 aliphatic carbocycles. The molecule has 0 bridgehead atoms. The molecule has 122 valence electrons. The molecule has 6 nitrogen and oxygen atoms in total. The van der Waals surface area contributed by atoms with E-state index in [1.54, 1.807) is 0 Å². The van der Waals surface area contributed by atoms with E-state index in [-0.39, 0.29) is 5.91 Å². The minimum absolute atomic E-state index is 0.186. The zero-order chi connectivity index (χ0) is 15.4. The summed E-state index contributed by atoms with van der Waals surface area (Å²) in [5.41, 5.74) is 0.928. The van der Waals surface area contributed by atoms with Crippen molar-refractivity contribution in [2.75, 3.05) is 32.7 Å². The van der Waals surface area contributed by atoms with Crippen LogP contribution in [0.15, 0.2) is 10.6 Å². The monoisotopic (exact) mass is 306 g/mol. The second-order valence-electron chi connectivity index (χ2n) is 6.54. The Morgan fingerprint density at radius 2 is 1.95 bits per heavy atom. The third kappa shape index (κ3) is 4.30. The maximum Gasteiger partial charge on any atom is 0.234 e. The lowest BCUT2D eigenvalue weighted by atomic mass is 10.2. The van der Waals surface area contributed by atoms with E-state index in [1.807, 2.05) is 13.0 Å². The van der Waals surface area contributed by atoms with Gasteiger partial charge < -0.3 is 9.84 Å². The van der Waals surface area contributed by atoms with E-state index in [1.165, 1.54) is 12.8 Å². The number of rotatable bonds is 5. The molecular weight excluding hydrogens is 280 g/mol. The van der Waals surface area contributed by atoms with Gasteiger partial charge in [-0.2, -0.15) is 0 Å². The molecule has 1 saturated heterocycles. The van der Waals surface area contributed by atoms with E-state index >= 15 is 0 Å². The maximum absolute atomic E-state index is 12.1. The molecule has 3 rings (SSSR count). The van der Waals surface area contributed by atoms with Crippen molar-refractivity contribution in [2.45, 2.75) is 45.2 Å². The normalized spacial score (nSPS) is 21.3. The van der Waals surface area contributed by atoms with Crippen molar-refractivity contribution in [3.8, 4) is 0 Å². The van der Waals surface area contributed by atoms with E-state index in [0.29, 0.717) is 12.6 Å². The summed E-state index contributed by atoms with van der Waals surface area (Å²) < 4.78 is 5.26. The Morgan fingerprint density at radius 1 is 1.27 bits per heavy atom. The summed E-state index contributed by atoms with van der Waals surface area (Å²) in [4.78, 5) is 16.6. The van der Waals surface area contributed by atoms with Gasteiger partial charge in [0.05, 0.1) is 18.8 Å². The highest BCUT2D eigenvalue weighted by atomic mass is 16.5. The second kappa shape index (κ2) is 7.24. The maximum atomic E-state index is 12.1. The molecule has 1 saturated carbocycles. The number of nitrogens with zero attached hydrogens (tertiary/aromatic N) is 3. The van der Waals surface area contributed by atoms with Crippen molar-refractivity contribution in [3.05, 3.63) is 17.5 Å². The minimum atomic E-state index is 0.186. The molecule has 1 aromatic heterocycles. The first-order chi connectivity index (χ1) is 10.7. The van der Waals surface area contributed by atoms with Gasteiger partial charge in [0.1, 0.15) is 0 Å². The summed E-state index contributed by atoms with van der Waals surface area (Å²) in [7, 11) is 0. The van der Waals surface area contributed by atoms with Crippen molar-refractivity contribution in [2.24, 2.45) is 0 Å². The predicted molar refractivity (Wildman–Crippen MR) is 83.4 cm³/mol. The summed E-state index contributed by atoms with van der Waals surface area (Å²) in [5, 5.41) is 7.08. The molecule has 0 aromatic carbocycles. The van der Waals surface area contributed by atoms with Crippen LogP contribution in [-0.4, -0.2) is 59.6 Å². The quantitative estimate of drug-likeness (QED) is 0.884. The third-order valence-electron chi connectivity index (χ3n) is 4.61. The van der Waals surface area contributed by atoms with E-state index in [0.717, 1.165) is 57.0 Å². The summed E-state index contributed by atoms with van der Waals surface area (Å²) in [6.45, 7) is 7.09. The lowest BCUT2D eigenvalue weighted by molar-refractivity contribution is -0.123. The van der Waals surface area contributed by atoms with Crippen molar-refractivity contribution in [1.29, 1.82) is 0 Å². The number of carbonyl (C=O) groups excluding carboxylic acids is 1. The first-order valence-corrected chi connectivity index (χ1v) is 8.35. The first-order valence-electron chi connectivity index (χ1n) is 8.35. The molecular formula is C16H26N4O2. The van der Waals surface area contributed by atoms with Gasteiger partial charge in [0.2, 0.25) is 5.91 Å². The Hall–Kier alpha value is -1.40. The van der Waals surface area contributed by atoms with Crippen LogP contribution in [0.5, 0.6) is 0 Å². The standard InChI is InChI=1S/C16H26N4O2/c1-13-10-15(22-18-13)11-19-6-8-20(9-7-19)12-16(21)17-14-4-2-3-5-14/h10,14H,2-9,11-12H2,1H3,(H,17,21). The summed E-state index contributed by atoms with van der Waals surface area (Å²) in [5.74, 6) is 1.11. The van der Waals surface area contributed by atoms with E-state index in [9.17, 15) is 4.79 Å². The van der Waals surface area contributed by atoms with Crippen LogP contribution in [0, 0.1) is 6.92 Å². The fourth-order valence-corrected chi connectivity index (χ4v) is 3.36. The molecule has 2 aliphatic rings. The molecule has 22 heavy (non-hydrogen) atoms. The number of aryl methyl sites for hydroxylation is 1. The summed E-state index contributed by atoms with van der Waals surface area (Å²) in [6, 6.07) is 2.41. The number of piperazine rings is 1. The fourth-order valence-electron chi connectivity index (χ4n) is 3.36. The molecule has 2 fully saturated rings. The lowest BCUT2D eigenvalue weighted by Crippen LogP contribution is -2.49. The number of hydrogen-bond acceptors (Lipinski definition) is 5. The molecule has 6 heteroatoms. The van der Waals surface area contributed by atoms with Crippen LogP contribution in [0.1, 0.15) is 37.1 Å². The second-order valence-corrected chi connectivity index (χ2v) is 6.54. The van der Waals surface area contributed by atoms with Gasteiger partial charge in [-0.3, -0.25) is 14.6 Å².